The number of benzene rings is 1. The Morgan fingerprint density at radius 1 is 1.00 bits per heavy atom. The number of hydrogen-bond acceptors (Lipinski definition) is 3. The van der Waals surface area contributed by atoms with Crippen LogP contribution < -0.4 is 5.32 Å². The highest BCUT2D eigenvalue weighted by molar-refractivity contribution is 5.61. The molecule has 2 aromatic rings. The fourth-order valence-electron chi connectivity index (χ4n) is 2.65. The molecule has 0 atom stereocenters. The maximum absolute atomic E-state index is 13.2. The molecule has 1 N–H and O–H groups in total. The minimum atomic E-state index is -0.244. The molecule has 1 fully saturated rings. The summed E-state index contributed by atoms with van der Waals surface area (Å²) >= 11 is 0. The summed E-state index contributed by atoms with van der Waals surface area (Å²) in [4.78, 5) is 8.67. The first-order valence-electron chi connectivity index (χ1n) is 7.16. The zero-order valence-corrected chi connectivity index (χ0v) is 11.3. The Balaban J connectivity index is 1.71. The van der Waals surface area contributed by atoms with Gasteiger partial charge in [0.05, 0.1) is 0 Å². The Kier molecular flexibility index (Phi) is 3.90. The molecule has 1 aromatic heterocycles. The summed E-state index contributed by atoms with van der Waals surface area (Å²) in [7, 11) is 0. The van der Waals surface area contributed by atoms with Gasteiger partial charge in [0.1, 0.15) is 5.82 Å². The van der Waals surface area contributed by atoms with Gasteiger partial charge in [0, 0.05) is 24.0 Å². The maximum Gasteiger partial charge on any atom is 0.222 e. The van der Waals surface area contributed by atoms with Gasteiger partial charge in [-0.2, -0.15) is 0 Å². The summed E-state index contributed by atoms with van der Waals surface area (Å²) in [6.07, 6.45) is 9.75. The molecule has 0 saturated heterocycles. The lowest BCUT2D eigenvalue weighted by Gasteiger charge is -2.22. The van der Waals surface area contributed by atoms with Crippen LogP contribution in [0.3, 0.4) is 0 Å². The summed E-state index contributed by atoms with van der Waals surface area (Å²) in [5, 5.41) is 3.37. The fraction of sp³-hybridized carbons (Fsp3) is 0.375. The van der Waals surface area contributed by atoms with Gasteiger partial charge in [-0.3, -0.25) is 0 Å². The van der Waals surface area contributed by atoms with Crippen LogP contribution in [0.5, 0.6) is 0 Å². The second-order valence-corrected chi connectivity index (χ2v) is 5.28. The Morgan fingerprint density at radius 2 is 1.75 bits per heavy atom. The molecule has 1 saturated carbocycles. The van der Waals surface area contributed by atoms with Gasteiger partial charge in [0.15, 0.2) is 0 Å². The smallest absolute Gasteiger partial charge is 0.222 e. The van der Waals surface area contributed by atoms with Crippen LogP contribution >= 0.6 is 0 Å². The van der Waals surface area contributed by atoms with E-state index in [1.807, 2.05) is 6.07 Å². The molecule has 1 heterocycles. The molecular weight excluding hydrogens is 253 g/mol. The fourth-order valence-corrected chi connectivity index (χ4v) is 2.65. The van der Waals surface area contributed by atoms with E-state index in [1.54, 1.807) is 18.5 Å². The molecule has 0 radical (unpaired) electrons. The molecular formula is C16H18FN3. The van der Waals surface area contributed by atoms with Crippen molar-refractivity contribution in [2.45, 2.75) is 38.1 Å². The number of nitrogens with one attached hydrogen (secondary N) is 1. The Labute approximate surface area is 118 Å². The molecule has 1 aliphatic carbocycles. The van der Waals surface area contributed by atoms with Crippen LogP contribution in [0.25, 0.3) is 11.1 Å². The van der Waals surface area contributed by atoms with Crippen molar-refractivity contribution in [3.05, 3.63) is 42.5 Å². The molecule has 1 aliphatic rings. The van der Waals surface area contributed by atoms with Crippen LogP contribution in [0, 0.1) is 5.82 Å². The second-order valence-electron chi connectivity index (χ2n) is 5.28. The van der Waals surface area contributed by atoms with Crippen molar-refractivity contribution in [3.8, 4) is 11.1 Å². The van der Waals surface area contributed by atoms with E-state index in [4.69, 9.17) is 0 Å². The van der Waals surface area contributed by atoms with E-state index in [0.717, 1.165) is 11.1 Å². The Bertz CT molecular complexity index is 562. The number of anilines is 1. The molecule has 3 nitrogen and oxygen atoms in total. The summed E-state index contributed by atoms with van der Waals surface area (Å²) in [6.45, 7) is 0. The standard InChI is InChI=1S/C16H18FN3/c17-14-6-4-5-12(9-14)13-10-18-16(19-11-13)20-15-7-2-1-3-8-15/h4-6,9-11,15H,1-3,7-8H2,(H,18,19,20). The van der Waals surface area contributed by atoms with E-state index >= 15 is 0 Å². The third-order valence-corrected chi connectivity index (χ3v) is 3.75. The van der Waals surface area contributed by atoms with Gasteiger partial charge in [-0.25, -0.2) is 14.4 Å². The van der Waals surface area contributed by atoms with Crippen molar-refractivity contribution < 1.29 is 4.39 Å². The van der Waals surface area contributed by atoms with Crippen LogP contribution in [0.2, 0.25) is 0 Å². The number of nitrogens with zero attached hydrogens (tertiary/aromatic N) is 2. The van der Waals surface area contributed by atoms with Gasteiger partial charge in [-0.05, 0) is 30.5 Å². The molecule has 0 spiro atoms. The molecule has 0 bridgehead atoms. The quantitative estimate of drug-likeness (QED) is 0.916. The predicted octanol–water partition coefficient (Wildman–Crippen LogP) is 4.03. The minimum absolute atomic E-state index is 0.244. The zero-order valence-electron chi connectivity index (χ0n) is 11.3. The lowest BCUT2D eigenvalue weighted by Crippen LogP contribution is -2.23. The second kappa shape index (κ2) is 5.99. The Hall–Kier alpha value is -1.97. The van der Waals surface area contributed by atoms with E-state index < -0.39 is 0 Å². The van der Waals surface area contributed by atoms with Crippen LogP contribution in [-0.2, 0) is 0 Å². The van der Waals surface area contributed by atoms with Crippen LogP contribution in [0.15, 0.2) is 36.7 Å². The van der Waals surface area contributed by atoms with E-state index in [-0.39, 0.29) is 5.82 Å². The largest absolute Gasteiger partial charge is 0.351 e. The summed E-state index contributed by atoms with van der Waals surface area (Å²) in [5.74, 6) is 0.420. The maximum atomic E-state index is 13.2. The Morgan fingerprint density at radius 3 is 2.45 bits per heavy atom. The van der Waals surface area contributed by atoms with Crippen LogP contribution in [0.1, 0.15) is 32.1 Å². The number of rotatable bonds is 3. The van der Waals surface area contributed by atoms with Gasteiger partial charge in [0.2, 0.25) is 5.95 Å². The van der Waals surface area contributed by atoms with Gasteiger partial charge >= 0.3 is 0 Å². The zero-order chi connectivity index (χ0) is 13.8. The van der Waals surface area contributed by atoms with Crippen LogP contribution in [0.4, 0.5) is 10.3 Å². The lowest BCUT2D eigenvalue weighted by molar-refractivity contribution is 0.461. The predicted molar refractivity (Wildman–Crippen MR) is 77.9 cm³/mol. The first kappa shape index (κ1) is 13.0. The van der Waals surface area contributed by atoms with E-state index in [0.29, 0.717) is 12.0 Å². The summed E-state index contributed by atoms with van der Waals surface area (Å²) in [5.41, 5.74) is 1.63. The molecule has 20 heavy (non-hydrogen) atoms. The van der Waals surface area contributed by atoms with E-state index in [1.165, 1.54) is 44.2 Å². The summed E-state index contributed by atoms with van der Waals surface area (Å²) < 4.78 is 13.2. The average Bonchev–Trinajstić information content (AvgIpc) is 2.49. The monoisotopic (exact) mass is 271 g/mol. The molecule has 0 aliphatic heterocycles. The van der Waals surface area contributed by atoms with Crippen molar-refractivity contribution in [2.75, 3.05) is 5.32 Å². The number of hydrogen-bond donors (Lipinski definition) is 1. The normalized spacial score (nSPS) is 16.1. The van der Waals surface area contributed by atoms with E-state index in [2.05, 4.69) is 15.3 Å². The highest BCUT2D eigenvalue weighted by atomic mass is 19.1. The first-order valence-corrected chi connectivity index (χ1v) is 7.16. The van der Waals surface area contributed by atoms with Crippen molar-refractivity contribution in [1.82, 2.24) is 9.97 Å². The number of aromatic nitrogens is 2. The number of halogens is 1. The topological polar surface area (TPSA) is 37.8 Å². The van der Waals surface area contributed by atoms with Gasteiger partial charge in [-0.1, -0.05) is 31.4 Å². The van der Waals surface area contributed by atoms with Crippen LogP contribution in [-0.4, -0.2) is 16.0 Å². The SMILES string of the molecule is Fc1cccc(-c2cnc(NC3CCCCC3)nc2)c1. The molecule has 0 unspecified atom stereocenters. The highest BCUT2D eigenvalue weighted by Gasteiger charge is 2.13. The minimum Gasteiger partial charge on any atom is -0.351 e. The summed E-state index contributed by atoms with van der Waals surface area (Å²) in [6, 6.07) is 6.97. The highest BCUT2D eigenvalue weighted by Crippen LogP contribution is 2.22. The third-order valence-electron chi connectivity index (χ3n) is 3.75. The van der Waals surface area contributed by atoms with Crippen molar-refractivity contribution in [1.29, 1.82) is 0 Å². The van der Waals surface area contributed by atoms with E-state index in [9.17, 15) is 4.39 Å². The lowest BCUT2D eigenvalue weighted by atomic mass is 9.96. The first-order chi connectivity index (χ1) is 9.81. The van der Waals surface area contributed by atoms with Gasteiger partial charge in [-0.15, -0.1) is 0 Å². The molecule has 3 rings (SSSR count). The molecule has 1 aromatic carbocycles. The average molecular weight is 271 g/mol. The van der Waals surface area contributed by atoms with Gasteiger partial charge < -0.3 is 5.32 Å². The van der Waals surface area contributed by atoms with Crippen molar-refractivity contribution >= 4 is 5.95 Å². The third kappa shape index (κ3) is 3.13. The van der Waals surface area contributed by atoms with Gasteiger partial charge in [0.25, 0.3) is 0 Å². The molecule has 4 heteroatoms. The van der Waals surface area contributed by atoms with Crippen molar-refractivity contribution in [2.24, 2.45) is 0 Å². The molecule has 0 amide bonds. The molecule has 104 valence electrons. The van der Waals surface area contributed by atoms with Crippen molar-refractivity contribution in [3.63, 3.8) is 0 Å².